The highest BCUT2D eigenvalue weighted by atomic mass is 16.1. The summed E-state index contributed by atoms with van der Waals surface area (Å²) in [6, 6.07) is 0. The predicted molar refractivity (Wildman–Crippen MR) is 75.2 cm³/mol. The third-order valence-corrected chi connectivity index (χ3v) is 2.83. The molecular formula is C14H25N3O. The minimum atomic E-state index is 0.554. The summed E-state index contributed by atoms with van der Waals surface area (Å²) in [6.45, 7) is 12.5. The van der Waals surface area contributed by atoms with Crippen LogP contribution in [0.4, 0.5) is 5.82 Å². The second-order valence-electron chi connectivity index (χ2n) is 5.76. The SMILES string of the molecule is Cc1nn(C)c(N(CC(C)C)CC(C)C)c1C=O. The molecule has 0 radical (unpaired) electrons. The van der Waals surface area contributed by atoms with Gasteiger partial charge >= 0.3 is 0 Å². The summed E-state index contributed by atoms with van der Waals surface area (Å²) in [4.78, 5) is 13.5. The van der Waals surface area contributed by atoms with Crippen molar-refractivity contribution in [1.82, 2.24) is 9.78 Å². The molecule has 1 aromatic rings. The lowest BCUT2D eigenvalue weighted by molar-refractivity contribution is 0.112. The Bertz CT molecular complexity index is 397. The number of carbonyl (C=O) groups is 1. The molecule has 0 atom stereocenters. The van der Waals surface area contributed by atoms with Gasteiger partial charge in [0.2, 0.25) is 0 Å². The van der Waals surface area contributed by atoms with Crippen LogP contribution in [0.2, 0.25) is 0 Å². The van der Waals surface area contributed by atoms with E-state index in [0.717, 1.165) is 36.5 Å². The molecule has 1 rings (SSSR count). The van der Waals surface area contributed by atoms with Crippen molar-refractivity contribution in [2.75, 3.05) is 18.0 Å². The first kappa shape index (κ1) is 14.7. The number of aromatic nitrogens is 2. The molecule has 0 aliphatic heterocycles. The highest BCUT2D eigenvalue weighted by Gasteiger charge is 2.20. The molecule has 0 saturated heterocycles. The molecule has 4 nitrogen and oxygen atoms in total. The Morgan fingerprint density at radius 1 is 1.22 bits per heavy atom. The largest absolute Gasteiger partial charge is 0.356 e. The van der Waals surface area contributed by atoms with Crippen molar-refractivity contribution in [2.24, 2.45) is 18.9 Å². The highest BCUT2D eigenvalue weighted by Crippen LogP contribution is 2.23. The first-order valence-corrected chi connectivity index (χ1v) is 6.60. The standard InChI is InChI=1S/C14H25N3O/c1-10(2)7-17(8-11(3)4)14-13(9-18)12(5)15-16(14)6/h9-11H,7-8H2,1-6H3. The van der Waals surface area contributed by atoms with Gasteiger partial charge in [-0.25, -0.2) is 0 Å². The predicted octanol–water partition coefficient (Wildman–Crippen LogP) is 2.66. The lowest BCUT2D eigenvalue weighted by Crippen LogP contribution is -2.33. The topological polar surface area (TPSA) is 38.1 Å². The summed E-state index contributed by atoms with van der Waals surface area (Å²) in [6.07, 6.45) is 0.922. The van der Waals surface area contributed by atoms with Crippen LogP contribution in [0, 0.1) is 18.8 Å². The Kier molecular flexibility index (Phi) is 4.93. The van der Waals surface area contributed by atoms with Crippen LogP contribution >= 0.6 is 0 Å². The maximum absolute atomic E-state index is 11.3. The van der Waals surface area contributed by atoms with Crippen molar-refractivity contribution in [3.05, 3.63) is 11.3 Å². The van der Waals surface area contributed by atoms with E-state index in [1.807, 2.05) is 18.7 Å². The third-order valence-electron chi connectivity index (χ3n) is 2.83. The van der Waals surface area contributed by atoms with Gasteiger partial charge in [0.25, 0.3) is 0 Å². The number of hydrogen-bond donors (Lipinski definition) is 0. The molecule has 102 valence electrons. The minimum absolute atomic E-state index is 0.554. The lowest BCUT2D eigenvalue weighted by atomic mass is 10.1. The van der Waals surface area contributed by atoms with Crippen molar-refractivity contribution in [3.63, 3.8) is 0 Å². The molecular weight excluding hydrogens is 226 g/mol. The molecule has 0 aliphatic rings. The van der Waals surface area contributed by atoms with E-state index in [4.69, 9.17) is 0 Å². The zero-order chi connectivity index (χ0) is 13.9. The number of anilines is 1. The third kappa shape index (κ3) is 3.34. The van der Waals surface area contributed by atoms with Gasteiger partial charge in [-0.15, -0.1) is 0 Å². The summed E-state index contributed by atoms with van der Waals surface area (Å²) in [5, 5.41) is 4.36. The molecule has 0 unspecified atom stereocenters. The lowest BCUT2D eigenvalue weighted by Gasteiger charge is -2.28. The van der Waals surface area contributed by atoms with E-state index in [1.54, 1.807) is 0 Å². The number of aldehydes is 1. The van der Waals surface area contributed by atoms with E-state index in [-0.39, 0.29) is 0 Å². The second-order valence-corrected chi connectivity index (χ2v) is 5.76. The van der Waals surface area contributed by atoms with Crippen molar-refractivity contribution >= 4 is 12.1 Å². The molecule has 0 N–H and O–H groups in total. The molecule has 0 spiro atoms. The van der Waals surface area contributed by atoms with Crippen LogP contribution in [0.3, 0.4) is 0 Å². The maximum Gasteiger partial charge on any atom is 0.155 e. The Balaban J connectivity index is 3.14. The van der Waals surface area contributed by atoms with Crippen molar-refractivity contribution in [2.45, 2.75) is 34.6 Å². The number of rotatable bonds is 6. The molecule has 18 heavy (non-hydrogen) atoms. The van der Waals surface area contributed by atoms with E-state index in [2.05, 4.69) is 37.7 Å². The van der Waals surface area contributed by atoms with Crippen molar-refractivity contribution in [1.29, 1.82) is 0 Å². The van der Waals surface area contributed by atoms with E-state index in [1.165, 1.54) is 0 Å². The molecule has 0 aliphatic carbocycles. The van der Waals surface area contributed by atoms with Crippen LogP contribution in [-0.2, 0) is 7.05 Å². The maximum atomic E-state index is 11.3. The van der Waals surface area contributed by atoms with Gasteiger partial charge in [0, 0.05) is 20.1 Å². The van der Waals surface area contributed by atoms with Gasteiger partial charge in [0.1, 0.15) is 5.82 Å². The Labute approximate surface area is 110 Å². The zero-order valence-electron chi connectivity index (χ0n) is 12.4. The zero-order valence-corrected chi connectivity index (χ0v) is 12.4. The molecule has 1 heterocycles. The summed E-state index contributed by atoms with van der Waals surface area (Å²) < 4.78 is 1.82. The van der Waals surface area contributed by atoms with Crippen LogP contribution in [0.5, 0.6) is 0 Å². The molecule has 0 fully saturated rings. The van der Waals surface area contributed by atoms with E-state index in [0.29, 0.717) is 11.8 Å². The van der Waals surface area contributed by atoms with Crippen molar-refractivity contribution < 1.29 is 4.79 Å². The van der Waals surface area contributed by atoms with Crippen LogP contribution < -0.4 is 4.90 Å². The van der Waals surface area contributed by atoms with Gasteiger partial charge in [-0.2, -0.15) is 5.10 Å². The summed E-state index contributed by atoms with van der Waals surface area (Å²) >= 11 is 0. The Hall–Kier alpha value is -1.32. The molecule has 4 heteroatoms. The second kappa shape index (κ2) is 6.03. The van der Waals surface area contributed by atoms with Crippen LogP contribution in [0.15, 0.2) is 0 Å². The van der Waals surface area contributed by atoms with Gasteiger partial charge in [-0.3, -0.25) is 9.48 Å². The molecule has 0 amide bonds. The van der Waals surface area contributed by atoms with Gasteiger partial charge in [0.15, 0.2) is 6.29 Å². The number of carbonyl (C=O) groups excluding carboxylic acids is 1. The van der Waals surface area contributed by atoms with Crippen molar-refractivity contribution in [3.8, 4) is 0 Å². The summed E-state index contributed by atoms with van der Waals surface area (Å²) in [5.41, 5.74) is 1.53. The first-order chi connectivity index (χ1) is 8.36. The van der Waals surface area contributed by atoms with Gasteiger partial charge in [0.05, 0.1) is 11.3 Å². The Morgan fingerprint density at radius 3 is 2.11 bits per heavy atom. The normalized spacial score (nSPS) is 11.3. The fourth-order valence-corrected chi connectivity index (χ4v) is 2.30. The van der Waals surface area contributed by atoms with Gasteiger partial charge in [-0.05, 0) is 18.8 Å². The average Bonchev–Trinajstić information content (AvgIpc) is 2.50. The van der Waals surface area contributed by atoms with Gasteiger partial charge in [-0.1, -0.05) is 27.7 Å². The van der Waals surface area contributed by atoms with E-state index in [9.17, 15) is 4.79 Å². The fraction of sp³-hybridized carbons (Fsp3) is 0.714. The van der Waals surface area contributed by atoms with Gasteiger partial charge < -0.3 is 4.90 Å². The summed E-state index contributed by atoms with van der Waals surface area (Å²) in [5.74, 6) is 2.06. The van der Waals surface area contributed by atoms with Crippen LogP contribution in [0.25, 0.3) is 0 Å². The van der Waals surface area contributed by atoms with Crippen LogP contribution in [0.1, 0.15) is 43.7 Å². The molecule has 0 aromatic carbocycles. The minimum Gasteiger partial charge on any atom is -0.356 e. The highest BCUT2D eigenvalue weighted by molar-refractivity contribution is 5.84. The number of nitrogens with zero attached hydrogens (tertiary/aromatic N) is 3. The molecule has 0 saturated carbocycles. The molecule has 0 bridgehead atoms. The number of aryl methyl sites for hydroxylation is 2. The average molecular weight is 251 g/mol. The molecule has 1 aromatic heterocycles. The van der Waals surface area contributed by atoms with E-state index >= 15 is 0 Å². The fourth-order valence-electron chi connectivity index (χ4n) is 2.30. The summed E-state index contributed by atoms with van der Waals surface area (Å²) in [7, 11) is 1.91. The first-order valence-electron chi connectivity index (χ1n) is 6.60. The number of hydrogen-bond acceptors (Lipinski definition) is 3. The Morgan fingerprint density at radius 2 is 1.72 bits per heavy atom. The van der Waals surface area contributed by atoms with Crippen LogP contribution in [-0.4, -0.2) is 29.2 Å². The monoisotopic (exact) mass is 251 g/mol. The quantitative estimate of drug-likeness (QED) is 0.730. The smallest absolute Gasteiger partial charge is 0.155 e. The van der Waals surface area contributed by atoms with E-state index < -0.39 is 0 Å².